The van der Waals surface area contributed by atoms with Crippen LogP contribution in [0.5, 0.6) is 0 Å². The number of aryl methyl sites for hydroxylation is 1. The summed E-state index contributed by atoms with van der Waals surface area (Å²) in [6, 6.07) is 15.5. The molecule has 1 spiro atoms. The van der Waals surface area contributed by atoms with Gasteiger partial charge in [0, 0.05) is 29.6 Å². The molecule has 2 atom stereocenters. The third-order valence-corrected chi connectivity index (χ3v) is 5.81. The maximum absolute atomic E-state index is 6.14. The van der Waals surface area contributed by atoms with Gasteiger partial charge < -0.3 is 10.1 Å². The first-order chi connectivity index (χ1) is 11.2. The van der Waals surface area contributed by atoms with Crippen molar-refractivity contribution in [3.8, 4) is 0 Å². The minimum atomic E-state index is 0.175. The number of hydrogen-bond donors (Lipinski definition) is 1. The molecular formula is C20H22BrNO. The summed E-state index contributed by atoms with van der Waals surface area (Å²) >= 11 is 3.58. The van der Waals surface area contributed by atoms with Gasteiger partial charge in [0.05, 0.1) is 6.10 Å². The summed E-state index contributed by atoms with van der Waals surface area (Å²) in [4.78, 5) is 0. The second-order valence-electron chi connectivity index (χ2n) is 6.91. The smallest absolute Gasteiger partial charge is 0.0834 e. The van der Waals surface area contributed by atoms with E-state index in [-0.39, 0.29) is 11.5 Å². The van der Waals surface area contributed by atoms with E-state index in [1.54, 1.807) is 5.56 Å². The van der Waals surface area contributed by atoms with E-state index in [0.717, 1.165) is 37.0 Å². The molecule has 0 bridgehead atoms. The van der Waals surface area contributed by atoms with Crippen molar-refractivity contribution in [1.29, 1.82) is 0 Å². The molecule has 2 aliphatic heterocycles. The Morgan fingerprint density at radius 2 is 2.13 bits per heavy atom. The average Bonchev–Trinajstić information content (AvgIpc) is 2.56. The molecule has 2 nitrogen and oxygen atoms in total. The van der Waals surface area contributed by atoms with E-state index >= 15 is 0 Å². The predicted octanol–water partition coefficient (Wildman–Crippen LogP) is 4.65. The Morgan fingerprint density at radius 1 is 1.22 bits per heavy atom. The van der Waals surface area contributed by atoms with Crippen LogP contribution in [0, 0.1) is 6.92 Å². The Morgan fingerprint density at radius 3 is 3.00 bits per heavy atom. The molecule has 2 heterocycles. The van der Waals surface area contributed by atoms with Gasteiger partial charge in [-0.25, -0.2) is 0 Å². The molecule has 2 aromatic carbocycles. The van der Waals surface area contributed by atoms with Crippen LogP contribution >= 0.6 is 15.9 Å². The summed E-state index contributed by atoms with van der Waals surface area (Å²) in [5.74, 6) is 0. The van der Waals surface area contributed by atoms with Gasteiger partial charge in [0.15, 0.2) is 0 Å². The Kier molecular flexibility index (Phi) is 4.04. The van der Waals surface area contributed by atoms with E-state index in [2.05, 4.69) is 70.6 Å². The van der Waals surface area contributed by atoms with Gasteiger partial charge in [-0.15, -0.1) is 0 Å². The molecule has 2 aromatic rings. The van der Waals surface area contributed by atoms with Crippen LogP contribution in [0.1, 0.15) is 41.2 Å². The van der Waals surface area contributed by atoms with E-state index in [1.807, 2.05) is 0 Å². The molecule has 0 saturated carbocycles. The number of hydrogen-bond acceptors (Lipinski definition) is 2. The lowest BCUT2D eigenvalue weighted by molar-refractivity contribution is -0.0247. The van der Waals surface area contributed by atoms with Crippen LogP contribution in [0.25, 0.3) is 0 Å². The Bertz CT molecular complexity index is 729. The molecule has 0 radical (unpaired) electrons. The van der Waals surface area contributed by atoms with Crippen LogP contribution in [0.4, 0.5) is 0 Å². The monoisotopic (exact) mass is 371 g/mol. The van der Waals surface area contributed by atoms with Crippen LogP contribution in [0.2, 0.25) is 0 Å². The molecular weight excluding hydrogens is 350 g/mol. The molecule has 120 valence electrons. The molecule has 1 fully saturated rings. The quantitative estimate of drug-likeness (QED) is 0.787. The molecule has 1 N–H and O–H groups in total. The minimum Gasteiger partial charge on any atom is -0.373 e. The second kappa shape index (κ2) is 6.04. The Hall–Kier alpha value is -1.16. The largest absolute Gasteiger partial charge is 0.373 e. The van der Waals surface area contributed by atoms with Crippen LogP contribution < -0.4 is 5.32 Å². The molecule has 0 amide bonds. The fourth-order valence-corrected chi connectivity index (χ4v) is 4.53. The van der Waals surface area contributed by atoms with E-state index in [1.165, 1.54) is 16.7 Å². The van der Waals surface area contributed by atoms with Crippen molar-refractivity contribution < 1.29 is 4.74 Å². The van der Waals surface area contributed by atoms with E-state index < -0.39 is 0 Å². The zero-order valence-corrected chi connectivity index (χ0v) is 15.0. The topological polar surface area (TPSA) is 21.3 Å². The van der Waals surface area contributed by atoms with Crippen LogP contribution in [-0.2, 0) is 16.7 Å². The van der Waals surface area contributed by atoms with Crippen molar-refractivity contribution in [2.45, 2.75) is 37.8 Å². The molecule has 3 heteroatoms. The van der Waals surface area contributed by atoms with Gasteiger partial charge in [0.25, 0.3) is 0 Å². The summed E-state index contributed by atoms with van der Waals surface area (Å²) < 4.78 is 7.26. The van der Waals surface area contributed by atoms with Gasteiger partial charge in [0.1, 0.15) is 0 Å². The third kappa shape index (κ3) is 2.86. The lowest BCUT2D eigenvalue weighted by atomic mass is 9.68. The zero-order valence-electron chi connectivity index (χ0n) is 13.4. The minimum absolute atomic E-state index is 0.175. The number of rotatable bonds is 1. The van der Waals surface area contributed by atoms with Crippen LogP contribution in [0.3, 0.4) is 0 Å². The molecule has 0 aromatic heterocycles. The Labute approximate surface area is 146 Å². The lowest BCUT2D eigenvalue weighted by Gasteiger charge is -2.45. The third-order valence-electron chi connectivity index (χ3n) is 5.31. The van der Waals surface area contributed by atoms with Crippen LogP contribution in [0.15, 0.2) is 46.9 Å². The van der Waals surface area contributed by atoms with Crippen molar-refractivity contribution in [1.82, 2.24) is 5.32 Å². The molecule has 4 rings (SSSR count). The number of fused-ring (bicyclic) bond motifs is 2. The summed E-state index contributed by atoms with van der Waals surface area (Å²) in [6.07, 6.45) is 2.32. The normalized spacial score (nSPS) is 27.0. The maximum Gasteiger partial charge on any atom is 0.0834 e. The van der Waals surface area contributed by atoms with Crippen molar-refractivity contribution in [2.75, 3.05) is 13.2 Å². The maximum atomic E-state index is 6.14. The van der Waals surface area contributed by atoms with Crippen LogP contribution in [-0.4, -0.2) is 13.2 Å². The summed E-state index contributed by atoms with van der Waals surface area (Å²) in [6.45, 7) is 5.06. The van der Waals surface area contributed by atoms with Gasteiger partial charge in [-0.05, 0) is 48.6 Å². The molecule has 2 aliphatic rings. The van der Waals surface area contributed by atoms with E-state index in [4.69, 9.17) is 4.74 Å². The summed E-state index contributed by atoms with van der Waals surface area (Å²) in [5, 5.41) is 3.64. The van der Waals surface area contributed by atoms with E-state index in [9.17, 15) is 0 Å². The van der Waals surface area contributed by atoms with Gasteiger partial charge in [-0.1, -0.05) is 51.8 Å². The highest BCUT2D eigenvalue weighted by atomic mass is 79.9. The number of halogens is 1. The standard InChI is InChI=1S/C20H22BrNO/c1-14-5-6-16-12-22-13-20(18(16)9-14)7-8-23-19(11-20)15-3-2-4-17(21)10-15/h2-6,9-10,19,22H,7-8,11-13H2,1H3. The number of benzene rings is 2. The van der Waals surface area contributed by atoms with Crippen molar-refractivity contribution >= 4 is 15.9 Å². The lowest BCUT2D eigenvalue weighted by Crippen LogP contribution is -2.47. The van der Waals surface area contributed by atoms with Gasteiger partial charge in [-0.3, -0.25) is 0 Å². The Balaban J connectivity index is 1.71. The van der Waals surface area contributed by atoms with Crippen molar-refractivity contribution in [3.05, 3.63) is 69.2 Å². The van der Waals surface area contributed by atoms with Crippen molar-refractivity contribution in [3.63, 3.8) is 0 Å². The highest BCUT2D eigenvalue weighted by molar-refractivity contribution is 9.10. The molecule has 23 heavy (non-hydrogen) atoms. The van der Waals surface area contributed by atoms with Gasteiger partial charge in [0.2, 0.25) is 0 Å². The fraction of sp³-hybridized carbons (Fsp3) is 0.400. The van der Waals surface area contributed by atoms with Crippen molar-refractivity contribution in [2.24, 2.45) is 0 Å². The van der Waals surface area contributed by atoms with Gasteiger partial charge in [-0.2, -0.15) is 0 Å². The first-order valence-electron chi connectivity index (χ1n) is 8.34. The summed E-state index contributed by atoms with van der Waals surface area (Å²) in [5.41, 5.74) is 5.83. The number of ether oxygens (including phenoxy) is 1. The van der Waals surface area contributed by atoms with E-state index in [0.29, 0.717) is 0 Å². The molecule has 0 aliphatic carbocycles. The highest BCUT2D eigenvalue weighted by Crippen LogP contribution is 2.45. The predicted molar refractivity (Wildman–Crippen MR) is 96.6 cm³/mol. The van der Waals surface area contributed by atoms with Gasteiger partial charge >= 0.3 is 0 Å². The first-order valence-corrected chi connectivity index (χ1v) is 9.13. The summed E-state index contributed by atoms with van der Waals surface area (Å²) in [7, 11) is 0. The SMILES string of the molecule is Cc1ccc2c(c1)C1(CCOC(c3cccc(Br)c3)C1)CNC2. The molecule has 2 unspecified atom stereocenters. The zero-order chi connectivity index (χ0) is 15.9. The number of nitrogens with one attached hydrogen (secondary N) is 1. The first kappa shape index (κ1) is 15.4. The second-order valence-corrected chi connectivity index (χ2v) is 7.83. The molecule has 1 saturated heterocycles. The average molecular weight is 372 g/mol. The highest BCUT2D eigenvalue weighted by Gasteiger charge is 2.41. The fourth-order valence-electron chi connectivity index (χ4n) is 4.11.